The van der Waals surface area contributed by atoms with Crippen LogP contribution < -0.4 is 0 Å². The van der Waals surface area contributed by atoms with Gasteiger partial charge in [0.2, 0.25) is 0 Å². The SMILES string of the molecule is CC/C=C\C/C=C\C/C=C\C/C=C\C/C=C\CCCC(=O)OC(c1ccccc1)c1ccccc1. The van der Waals surface area contributed by atoms with Crippen LogP contribution in [-0.2, 0) is 9.53 Å². The Balaban J connectivity index is 1.60. The van der Waals surface area contributed by atoms with E-state index in [1.165, 1.54) is 0 Å². The Kier molecular flexibility index (Phi) is 15.1. The minimum Gasteiger partial charge on any atom is -0.453 e. The molecule has 0 atom stereocenters. The maximum Gasteiger partial charge on any atom is 0.306 e. The summed E-state index contributed by atoms with van der Waals surface area (Å²) in [5.41, 5.74) is 1.98. The highest BCUT2D eigenvalue weighted by atomic mass is 16.5. The van der Waals surface area contributed by atoms with Gasteiger partial charge in [-0.3, -0.25) is 4.79 Å². The summed E-state index contributed by atoms with van der Waals surface area (Å²) in [5.74, 6) is -0.157. The van der Waals surface area contributed by atoms with E-state index in [2.05, 4.69) is 67.7 Å². The van der Waals surface area contributed by atoms with Gasteiger partial charge >= 0.3 is 5.97 Å². The van der Waals surface area contributed by atoms with Crippen molar-refractivity contribution < 1.29 is 9.53 Å². The fourth-order valence-electron chi connectivity index (χ4n) is 3.51. The molecule has 0 aliphatic rings. The van der Waals surface area contributed by atoms with Crippen molar-refractivity contribution in [2.45, 2.75) is 64.4 Å². The number of ether oxygens (including phenoxy) is 1. The minimum absolute atomic E-state index is 0.157. The van der Waals surface area contributed by atoms with E-state index < -0.39 is 0 Å². The van der Waals surface area contributed by atoms with Crippen molar-refractivity contribution in [3.05, 3.63) is 133 Å². The third kappa shape index (κ3) is 13.2. The van der Waals surface area contributed by atoms with Crippen molar-refractivity contribution in [3.8, 4) is 0 Å². The van der Waals surface area contributed by atoms with Gasteiger partial charge in [-0.1, -0.05) is 128 Å². The van der Waals surface area contributed by atoms with Crippen molar-refractivity contribution in [2.75, 3.05) is 0 Å². The Morgan fingerprint density at radius 3 is 1.54 bits per heavy atom. The van der Waals surface area contributed by atoms with Crippen molar-refractivity contribution in [1.29, 1.82) is 0 Å². The summed E-state index contributed by atoms with van der Waals surface area (Å²) in [7, 11) is 0. The van der Waals surface area contributed by atoms with Crippen molar-refractivity contribution in [2.24, 2.45) is 0 Å². The summed E-state index contributed by atoms with van der Waals surface area (Å²) in [5, 5.41) is 0. The zero-order chi connectivity index (χ0) is 24.8. The molecule has 0 saturated carbocycles. The molecular formula is C33H40O2. The molecule has 0 amide bonds. The number of esters is 1. The summed E-state index contributed by atoms with van der Waals surface area (Å²) in [6.45, 7) is 2.15. The molecule has 2 aromatic rings. The molecule has 2 nitrogen and oxygen atoms in total. The first-order valence-corrected chi connectivity index (χ1v) is 12.9. The van der Waals surface area contributed by atoms with E-state index in [9.17, 15) is 4.79 Å². The fourth-order valence-corrected chi connectivity index (χ4v) is 3.51. The van der Waals surface area contributed by atoms with Gasteiger partial charge in [0.15, 0.2) is 6.10 Å². The van der Waals surface area contributed by atoms with Gasteiger partial charge in [0.05, 0.1) is 0 Å². The van der Waals surface area contributed by atoms with Crippen molar-refractivity contribution in [1.82, 2.24) is 0 Å². The van der Waals surface area contributed by atoms with Gasteiger partial charge in [-0.2, -0.15) is 0 Å². The van der Waals surface area contributed by atoms with E-state index >= 15 is 0 Å². The standard InChI is InChI=1S/C33H40O2/c1-2-3-4-5-6-7-8-9-10-11-12-13-14-15-16-17-24-29-32(34)35-33(30-25-20-18-21-26-30)31-27-22-19-23-28-31/h3-4,6-7,9-10,12-13,15-16,18-23,25-28,33H,2,5,8,11,14,17,24,29H2,1H3/b4-3-,7-6-,10-9-,13-12-,16-15-. The molecule has 0 heterocycles. The molecule has 2 heteroatoms. The molecule has 0 saturated heterocycles. The molecule has 0 fully saturated rings. The number of carbonyl (C=O) groups is 1. The van der Waals surface area contributed by atoms with Crippen molar-refractivity contribution in [3.63, 3.8) is 0 Å². The summed E-state index contributed by atoms with van der Waals surface area (Å²) >= 11 is 0. The number of carbonyl (C=O) groups excluding carboxylic acids is 1. The lowest BCUT2D eigenvalue weighted by molar-refractivity contribution is -0.147. The number of benzene rings is 2. The maximum atomic E-state index is 12.5. The Hall–Kier alpha value is -3.39. The number of unbranched alkanes of at least 4 members (excludes halogenated alkanes) is 1. The summed E-state index contributed by atoms with van der Waals surface area (Å²) in [6, 6.07) is 19.8. The highest BCUT2D eigenvalue weighted by Gasteiger charge is 2.18. The molecule has 35 heavy (non-hydrogen) atoms. The molecule has 0 N–H and O–H groups in total. The van der Waals surface area contributed by atoms with Crippen LogP contribution in [0.25, 0.3) is 0 Å². The molecule has 0 spiro atoms. The first-order chi connectivity index (χ1) is 17.3. The molecule has 184 valence electrons. The third-order valence-corrected chi connectivity index (χ3v) is 5.36. The lowest BCUT2D eigenvalue weighted by atomic mass is 10.0. The summed E-state index contributed by atoms with van der Waals surface area (Å²) < 4.78 is 5.86. The molecular weight excluding hydrogens is 428 g/mol. The Morgan fingerprint density at radius 2 is 1.09 bits per heavy atom. The second kappa shape index (κ2) is 19.0. The van der Waals surface area contributed by atoms with Crippen LogP contribution in [0.5, 0.6) is 0 Å². The smallest absolute Gasteiger partial charge is 0.306 e. The van der Waals surface area contributed by atoms with Gasteiger partial charge in [0.1, 0.15) is 0 Å². The van der Waals surface area contributed by atoms with Gasteiger partial charge in [0.25, 0.3) is 0 Å². The maximum absolute atomic E-state index is 12.5. The Morgan fingerprint density at radius 1 is 0.657 bits per heavy atom. The topological polar surface area (TPSA) is 26.3 Å². The third-order valence-electron chi connectivity index (χ3n) is 5.36. The minimum atomic E-state index is -0.362. The molecule has 0 radical (unpaired) electrons. The van der Waals surface area contributed by atoms with Gasteiger partial charge in [0, 0.05) is 6.42 Å². The zero-order valence-corrected chi connectivity index (χ0v) is 21.1. The van der Waals surface area contributed by atoms with E-state index in [1.54, 1.807) is 0 Å². The Labute approximate surface area is 212 Å². The quantitative estimate of drug-likeness (QED) is 0.139. The van der Waals surface area contributed by atoms with Crippen LogP contribution in [-0.4, -0.2) is 5.97 Å². The lowest BCUT2D eigenvalue weighted by Crippen LogP contribution is -2.12. The van der Waals surface area contributed by atoms with E-state index in [4.69, 9.17) is 4.74 Å². The number of rotatable bonds is 16. The van der Waals surface area contributed by atoms with E-state index in [0.717, 1.165) is 56.1 Å². The highest BCUT2D eigenvalue weighted by molar-refractivity contribution is 5.70. The van der Waals surface area contributed by atoms with Crippen LogP contribution in [0.2, 0.25) is 0 Å². The van der Waals surface area contributed by atoms with Crippen LogP contribution in [0, 0.1) is 0 Å². The molecule has 0 aliphatic heterocycles. The van der Waals surface area contributed by atoms with E-state index in [1.807, 2.05) is 60.7 Å². The van der Waals surface area contributed by atoms with E-state index in [0.29, 0.717) is 6.42 Å². The number of hydrogen-bond acceptors (Lipinski definition) is 2. The predicted molar refractivity (Wildman–Crippen MR) is 149 cm³/mol. The highest BCUT2D eigenvalue weighted by Crippen LogP contribution is 2.26. The van der Waals surface area contributed by atoms with Gasteiger partial charge in [-0.25, -0.2) is 0 Å². The zero-order valence-electron chi connectivity index (χ0n) is 21.1. The van der Waals surface area contributed by atoms with Crippen LogP contribution in [0.15, 0.2) is 121 Å². The Bertz CT molecular complexity index is 910. The molecule has 2 aromatic carbocycles. The van der Waals surface area contributed by atoms with Crippen LogP contribution >= 0.6 is 0 Å². The second-order valence-electron chi connectivity index (χ2n) is 8.29. The summed E-state index contributed by atoms with van der Waals surface area (Å²) in [4.78, 5) is 12.5. The van der Waals surface area contributed by atoms with Gasteiger partial charge in [-0.15, -0.1) is 0 Å². The largest absolute Gasteiger partial charge is 0.453 e. The molecule has 0 unspecified atom stereocenters. The predicted octanol–water partition coefficient (Wildman–Crippen LogP) is 9.24. The molecule has 0 aromatic heterocycles. The lowest BCUT2D eigenvalue weighted by Gasteiger charge is -2.19. The normalized spacial score (nSPS) is 12.3. The van der Waals surface area contributed by atoms with Crippen LogP contribution in [0.1, 0.15) is 75.5 Å². The fraction of sp³-hybridized carbons (Fsp3) is 0.303. The number of allylic oxidation sites excluding steroid dienone is 10. The van der Waals surface area contributed by atoms with Crippen LogP contribution in [0.4, 0.5) is 0 Å². The molecule has 0 bridgehead atoms. The van der Waals surface area contributed by atoms with Gasteiger partial charge < -0.3 is 4.74 Å². The first-order valence-electron chi connectivity index (χ1n) is 12.9. The average molecular weight is 469 g/mol. The van der Waals surface area contributed by atoms with Gasteiger partial charge in [-0.05, 0) is 56.1 Å². The van der Waals surface area contributed by atoms with Crippen LogP contribution in [0.3, 0.4) is 0 Å². The van der Waals surface area contributed by atoms with E-state index in [-0.39, 0.29) is 12.1 Å². The first kappa shape index (κ1) is 27.9. The number of hydrogen-bond donors (Lipinski definition) is 0. The second-order valence-corrected chi connectivity index (χ2v) is 8.29. The molecule has 0 aliphatic carbocycles. The monoisotopic (exact) mass is 468 g/mol. The molecule has 2 rings (SSSR count). The summed E-state index contributed by atoms with van der Waals surface area (Å²) in [6.07, 6.45) is 28.7. The average Bonchev–Trinajstić information content (AvgIpc) is 2.90. The van der Waals surface area contributed by atoms with Crippen molar-refractivity contribution >= 4 is 5.97 Å².